The van der Waals surface area contributed by atoms with Crippen LogP contribution < -0.4 is 0 Å². The van der Waals surface area contributed by atoms with Gasteiger partial charge in [-0.25, -0.2) is 0 Å². The zero-order valence-electron chi connectivity index (χ0n) is 27.7. The Balaban J connectivity index is 1.16. The van der Waals surface area contributed by atoms with Crippen molar-refractivity contribution in [3.8, 4) is 50.2 Å². The van der Waals surface area contributed by atoms with Crippen LogP contribution in [0, 0.1) is 0 Å². The maximum atomic E-state index is 2.41. The second-order valence-corrected chi connectivity index (χ2v) is 15.1. The minimum absolute atomic E-state index is 1.17. The summed E-state index contributed by atoms with van der Waals surface area (Å²) >= 11 is 3.73. The van der Waals surface area contributed by atoms with Crippen molar-refractivity contribution in [2.24, 2.45) is 0 Å². The van der Waals surface area contributed by atoms with Crippen molar-refractivity contribution in [2.75, 3.05) is 0 Å². The number of fused-ring (bicyclic) bond motifs is 9. The molecule has 0 atom stereocenters. The lowest BCUT2D eigenvalue weighted by molar-refractivity contribution is 1.18. The third-order valence-electron chi connectivity index (χ3n) is 9.88. The van der Waals surface area contributed by atoms with Crippen LogP contribution in [0.4, 0.5) is 0 Å². The topological polar surface area (TPSA) is 4.93 Å². The van der Waals surface area contributed by atoms with Gasteiger partial charge >= 0.3 is 0 Å². The summed E-state index contributed by atoms with van der Waals surface area (Å²) < 4.78 is 2.40. The molecule has 1 aliphatic rings. The molecular weight excluding hydrogens is 655 g/mol. The van der Waals surface area contributed by atoms with E-state index in [1.54, 1.807) is 0 Å². The molecular formula is C48H31NS2. The molecule has 0 spiro atoms. The molecule has 10 rings (SSSR count). The average molecular weight is 686 g/mol. The van der Waals surface area contributed by atoms with Crippen molar-refractivity contribution in [1.29, 1.82) is 0 Å². The molecule has 1 nitrogen and oxygen atoms in total. The van der Waals surface area contributed by atoms with Gasteiger partial charge in [-0.1, -0.05) is 151 Å². The Labute approximate surface area is 306 Å². The maximum Gasteiger partial charge on any atom is 0.0547 e. The molecule has 0 unspecified atom stereocenters. The van der Waals surface area contributed by atoms with Gasteiger partial charge in [0.1, 0.15) is 0 Å². The van der Waals surface area contributed by atoms with Gasteiger partial charge in [-0.2, -0.15) is 0 Å². The smallest absolute Gasteiger partial charge is 0.0547 e. The number of para-hydroxylation sites is 2. The van der Waals surface area contributed by atoms with Crippen LogP contribution in [-0.4, -0.2) is 4.57 Å². The number of rotatable bonds is 3. The number of benzene rings is 8. The third-order valence-corrected chi connectivity index (χ3v) is 12.2. The Morgan fingerprint density at radius 3 is 1.43 bits per heavy atom. The van der Waals surface area contributed by atoms with Crippen molar-refractivity contribution in [3.63, 3.8) is 0 Å². The van der Waals surface area contributed by atoms with Crippen molar-refractivity contribution in [2.45, 2.75) is 19.6 Å². The highest BCUT2D eigenvalue weighted by Crippen LogP contribution is 2.50. The molecule has 2 heterocycles. The van der Waals surface area contributed by atoms with Crippen molar-refractivity contribution >= 4 is 45.3 Å². The number of nitrogens with zero attached hydrogens (tertiary/aromatic N) is 1. The molecule has 240 valence electrons. The molecule has 0 aliphatic carbocycles. The third kappa shape index (κ3) is 5.29. The molecule has 0 radical (unpaired) electrons. The van der Waals surface area contributed by atoms with Crippen LogP contribution in [0.3, 0.4) is 0 Å². The number of aromatic nitrogens is 1. The van der Waals surface area contributed by atoms with Gasteiger partial charge < -0.3 is 4.57 Å². The van der Waals surface area contributed by atoms with Crippen LogP contribution in [0.25, 0.3) is 72.0 Å². The van der Waals surface area contributed by atoms with Crippen LogP contribution in [-0.2, 0) is 0 Å². The van der Waals surface area contributed by atoms with E-state index in [1.165, 1.54) is 91.6 Å². The lowest BCUT2D eigenvalue weighted by atomic mass is 9.98. The molecule has 8 aromatic carbocycles. The lowest BCUT2D eigenvalue weighted by Gasteiger charge is -2.21. The monoisotopic (exact) mass is 685 g/mol. The second kappa shape index (κ2) is 12.5. The molecule has 0 saturated heterocycles. The van der Waals surface area contributed by atoms with Gasteiger partial charge in [0.05, 0.1) is 11.0 Å². The van der Waals surface area contributed by atoms with Crippen molar-refractivity contribution in [1.82, 2.24) is 4.57 Å². The van der Waals surface area contributed by atoms with E-state index < -0.39 is 0 Å². The van der Waals surface area contributed by atoms with Gasteiger partial charge in [-0.3, -0.25) is 0 Å². The SMILES string of the molecule is c1ccc(-c2ccc3c(c2)-c2ccccc2Sc2ccccc2-c2cc(-c4ccc5c6ccccc6n(-c6ccccc6)c5c4)ccc2S3)cc1. The highest BCUT2D eigenvalue weighted by atomic mass is 32.2. The Bertz CT molecular complexity index is 2740. The summed E-state index contributed by atoms with van der Waals surface area (Å²) in [6.45, 7) is 0. The van der Waals surface area contributed by atoms with E-state index in [9.17, 15) is 0 Å². The van der Waals surface area contributed by atoms with Crippen LogP contribution in [0.5, 0.6) is 0 Å². The predicted octanol–water partition coefficient (Wildman–Crippen LogP) is 14.1. The van der Waals surface area contributed by atoms with E-state index in [0.29, 0.717) is 0 Å². The normalized spacial score (nSPS) is 12.2. The van der Waals surface area contributed by atoms with E-state index in [0.717, 1.165) is 0 Å². The minimum atomic E-state index is 1.17. The first-order valence-corrected chi connectivity index (χ1v) is 18.9. The van der Waals surface area contributed by atoms with E-state index in [1.807, 2.05) is 23.5 Å². The summed E-state index contributed by atoms with van der Waals surface area (Å²) in [7, 11) is 0. The molecule has 1 aromatic heterocycles. The fraction of sp³-hybridized carbons (Fsp3) is 0. The highest BCUT2D eigenvalue weighted by Gasteiger charge is 2.21. The van der Waals surface area contributed by atoms with Gasteiger partial charge in [0.15, 0.2) is 0 Å². The number of hydrogen-bond acceptors (Lipinski definition) is 2. The maximum absolute atomic E-state index is 2.41. The molecule has 0 bridgehead atoms. The van der Waals surface area contributed by atoms with Gasteiger partial charge in [0.2, 0.25) is 0 Å². The summed E-state index contributed by atoms with van der Waals surface area (Å²) in [6.07, 6.45) is 0. The average Bonchev–Trinajstić information content (AvgIpc) is 3.53. The van der Waals surface area contributed by atoms with Crippen molar-refractivity contribution in [3.05, 3.63) is 188 Å². The Kier molecular flexibility index (Phi) is 7.41. The predicted molar refractivity (Wildman–Crippen MR) is 217 cm³/mol. The minimum Gasteiger partial charge on any atom is -0.309 e. The van der Waals surface area contributed by atoms with E-state index in [-0.39, 0.29) is 0 Å². The van der Waals surface area contributed by atoms with E-state index >= 15 is 0 Å². The summed E-state index contributed by atoms with van der Waals surface area (Å²) in [4.78, 5) is 5.02. The van der Waals surface area contributed by atoms with Crippen LogP contribution >= 0.6 is 23.5 Å². The van der Waals surface area contributed by atoms with Crippen LogP contribution in [0.15, 0.2) is 208 Å². The standard InChI is InChI=1S/C48H31NS2/c1-3-13-32(14-4-1)33-24-27-47-41(29-33)39-18-8-11-21-45(39)50-46-22-12-9-19-40(46)42-30-34(25-28-48(42)51-47)35-23-26-38-37-17-7-10-20-43(37)49(44(38)31-35)36-15-5-2-6-16-36/h1-31H. The zero-order valence-corrected chi connectivity index (χ0v) is 29.3. The molecule has 0 saturated carbocycles. The molecule has 0 N–H and O–H groups in total. The first-order chi connectivity index (χ1) is 25.3. The lowest BCUT2D eigenvalue weighted by Crippen LogP contribution is -1.94. The molecule has 1 aliphatic heterocycles. The zero-order chi connectivity index (χ0) is 33.7. The Hall–Kier alpha value is -5.74. The highest BCUT2D eigenvalue weighted by molar-refractivity contribution is 8.00. The largest absolute Gasteiger partial charge is 0.309 e. The van der Waals surface area contributed by atoms with Crippen LogP contribution in [0.1, 0.15) is 0 Å². The van der Waals surface area contributed by atoms with Gasteiger partial charge in [0, 0.05) is 36.0 Å². The first-order valence-electron chi connectivity index (χ1n) is 17.3. The van der Waals surface area contributed by atoms with E-state index in [2.05, 4.69) is 193 Å². The van der Waals surface area contributed by atoms with E-state index in [4.69, 9.17) is 0 Å². The van der Waals surface area contributed by atoms with Gasteiger partial charge in [0.25, 0.3) is 0 Å². The molecule has 0 fully saturated rings. The fourth-order valence-corrected chi connectivity index (χ4v) is 9.62. The molecule has 9 aromatic rings. The first kappa shape index (κ1) is 30.1. The summed E-state index contributed by atoms with van der Waals surface area (Å²) in [6, 6.07) is 68.8. The van der Waals surface area contributed by atoms with Crippen LogP contribution in [0.2, 0.25) is 0 Å². The summed E-state index contributed by atoms with van der Waals surface area (Å²) in [5.74, 6) is 0. The van der Waals surface area contributed by atoms with Gasteiger partial charge in [-0.05, 0) is 105 Å². The number of hydrogen-bond donors (Lipinski definition) is 0. The Morgan fingerprint density at radius 2 is 0.765 bits per heavy atom. The summed E-state index contributed by atoms with van der Waals surface area (Å²) in [5.41, 5.74) is 13.5. The summed E-state index contributed by atoms with van der Waals surface area (Å²) in [5, 5.41) is 2.53. The second-order valence-electron chi connectivity index (χ2n) is 12.9. The van der Waals surface area contributed by atoms with Crippen molar-refractivity contribution < 1.29 is 0 Å². The fourth-order valence-electron chi connectivity index (χ4n) is 7.45. The Morgan fingerprint density at radius 1 is 0.294 bits per heavy atom. The molecule has 51 heavy (non-hydrogen) atoms. The van der Waals surface area contributed by atoms with Gasteiger partial charge in [-0.15, -0.1) is 0 Å². The molecule has 3 heteroatoms. The quantitative estimate of drug-likeness (QED) is 0.182. The molecule has 0 amide bonds.